The number of benzene rings is 1. The Hall–Kier alpha value is -0.900. The monoisotopic (exact) mass is 206 g/mol. The first-order chi connectivity index (χ1) is 7.40. The van der Waals surface area contributed by atoms with Crippen molar-refractivity contribution in [3.63, 3.8) is 0 Å². The number of nitrogens with two attached hydrogens (primary N) is 1. The van der Waals surface area contributed by atoms with Crippen molar-refractivity contribution in [2.24, 2.45) is 5.90 Å². The average molecular weight is 206 g/mol. The Kier molecular flexibility index (Phi) is 3.72. The van der Waals surface area contributed by atoms with Crippen LogP contribution in [0.1, 0.15) is 17.5 Å². The van der Waals surface area contributed by atoms with E-state index in [4.69, 9.17) is 5.90 Å². The zero-order chi connectivity index (χ0) is 10.5. The molecule has 0 atom stereocenters. The Morgan fingerprint density at radius 3 is 2.87 bits per heavy atom. The van der Waals surface area contributed by atoms with E-state index in [0.717, 1.165) is 26.1 Å². The fraction of sp³-hybridized carbons (Fsp3) is 0.500. The van der Waals surface area contributed by atoms with Crippen molar-refractivity contribution in [1.29, 1.82) is 0 Å². The van der Waals surface area contributed by atoms with Crippen LogP contribution in [0.2, 0.25) is 0 Å². The molecule has 0 spiro atoms. The molecule has 0 aromatic heterocycles. The van der Waals surface area contributed by atoms with E-state index in [2.05, 4.69) is 34.0 Å². The van der Waals surface area contributed by atoms with Crippen LogP contribution in [-0.4, -0.2) is 24.6 Å². The Morgan fingerprint density at radius 2 is 2.07 bits per heavy atom. The van der Waals surface area contributed by atoms with Crippen molar-refractivity contribution in [1.82, 2.24) is 4.90 Å². The molecular weight excluding hydrogens is 188 g/mol. The molecule has 0 unspecified atom stereocenters. The third kappa shape index (κ3) is 2.78. The normalized spacial score (nSPS) is 16.3. The summed E-state index contributed by atoms with van der Waals surface area (Å²) in [6.45, 7) is 3.95. The molecule has 3 nitrogen and oxygen atoms in total. The van der Waals surface area contributed by atoms with Gasteiger partial charge >= 0.3 is 0 Å². The lowest BCUT2D eigenvalue weighted by Crippen LogP contribution is -2.31. The van der Waals surface area contributed by atoms with E-state index >= 15 is 0 Å². The number of nitrogens with zero attached hydrogens (tertiary/aromatic N) is 1. The van der Waals surface area contributed by atoms with Gasteiger partial charge in [-0.15, -0.1) is 0 Å². The molecule has 0 bridgehead atoms. The summed E-state index contributed by atoms with van der Waals surface area (Å²) in [4.78, 5) is 7.04. The van der Waals surface area contributed by atoms with E-state index in [1.165, 1.54) is 17.5 Å². The minimum absolute atomic E-state index is 0.651. The maximum atomic E-state index is 5.00. The predicted molar refractivity (Wildman–Crippen MR) is 60.2 cm³/mol. The minimum Gasteiger partial charge on any atom is -0.305 e. The molecule has 0 aliphatic carbocycles. The van der Waals surface area contributed by atoms with Gasteiger partial charge < -0.3 is 4.84 Å². The van der Waals surface area contributed by atoms with Crippen LogP contribution in [0, 0.1) is 0 Å². The lowest BCUT2D eigenvalue weighted by molar-refractivity contribution is 0.121. The van der Waals surface area contributed by atoms with E-state index in [1.807, 2.05) is 0 Å². The lowest BCUT2D eigenvalue weighted by Gasteiger charge is -2.28. The highest BCUT2D eigenvalue weighted by atomic mass is 16.6. The molecule has 3 heteroatoms. The van der Waals surface area contributed by atoms with Crippen LogP contribution in [0.25, 0.3) is 0 Å². The van der Waals surface area contributed by atoms with Gasteiger partial charge in [0.1, 0.15) is 0 Å². The smallest absolute Gasteiger partial charge is 0.0691 e. The third-order valence-electron chi connectivity index (χ3n) is 2.95. The zero-order valence-corrected chi connectivity index (χ0v) is 8.98. The van der Waals surface area contributed by atoms with Crippen molar-refractivity contribution in [2.45, 2.75) is 19.4 Å². The molecule has 0 radical (unpaired) electrons. The summed E-state index contributed by atoms with van der Waals surface area (Å²) in [6, 6.07) is 8.69. The van der Waals surface area contributed by atoms with Gasteiger partial charge in [-0.25, -0.2) is 5.90 Å². The largest absolute Gasteiger partial charge is 0.305 e. The van der Waals surface area contributed by atoms with E-state index in [0.29, 0.717) is 6.61 Å². The van der Waals surface area contributed by atoms with Crippen molar-refractivity contribution >= 4 is 0 Å². The van der Waals surface area contributed by atoms with Gasteiger partial charge in [-0.05, 0) is 24.0 Å². The van der Waals surface area contributed by atoms with Crippen LogP contribution in [-0.2, 0) is 17.8 Å². The molecule has 1 aliphatic heterocycles. The van der Waals surface area contributed by atoms with Crippen molar-refractivity contribution in [2.75, 3.05) is 19.7 Å². The van der Waals surface area contributed by atoms with Gasteiger partial charge in [-0.2, -0.15) is 0 Å². The topological polar surface area (TPSA) is 38.5 Å². The van der Waals surface area contributed by atoms with E-state index in [1.54, 1.807) is 0 Å². The van der Waals surface area contributed by atoms with Gasteiger partial charge in [-0.3, -0.25) is 4.90 Å². The molecule has 1 aromatic carbocycles. The zero-order valence-electron chi connectivity index (χ0n) is 8.98. The van der Waals surface area contributed by atoms with Gasteiger partial charge in [-0.1, -0.05) is 24.3 Å². The average Bonchev–Trinajstić information content (AvgIpc) is 2.29. The van der Waals surface area contributed by atoms with Gasteiger partial charge in [0.2, 0.25) is 0 Å². The van der Waals surface area contributed by atoms with Crippen LogP contribution in [0.4, 0.5) is 0 Å². The highest BCUT2D eigenvalue weighted by Crippen LogP contribution is 2.18. The van der Waals surface area contributed by atoms with Gasteiger partial charge in [0.15, 0.2) is 0 Å². The molecule has 15 heavy (non-hydrogen) atoms. The van der Waals surface area contributed by atoms with Crippen molar-refractivity contribution < 1.29 is 4.84 Å². The Bertz CT molecular complexity index is 314. The van der Waals surface area contributed by atoms with Crippen molar-refractivity contribution in [3.8, 4) is 0 Å². The summed E-state index contributed by atoms with van der Waals surface area (Å²) < 4.78 is 0. The second-order valence-corrected chi connectivity index (χ2v) is 4.02. The molecule has 1 aliphatic rings. The highest BCUT2D eigenvalue weighted by Gasteiger charge is 2.14. The summed E-state index contributed by atoms with van der Waals surface area (Å²) in [5.74, 6) is 5.00. The summed E-state index contributed by atoms with van der Waals surface area (Å²) in [6.07, 6.45) is 2.18. The Morgan fingerprint density at radius 1 is 1.27 bits per heavy atom. The second-order valence-electron chi connectivity index (χ2n) is 4.02. The standard InChI is InChI=1S/C12H18N2O/c13-15-9-3-7-14-8-6-11-4-1-2-5-12(11)10-14/h1-2,4-5H,3,6-10,13H2. The number of hydrogen-bond donors (Lipinski definition) is 1. The number of hydrogen-bond acceptors (Lipinski definition) is 3. The summed E-state index contributed by atoms with van der Waals surface area (Å²) in [5.41, 5.74) is 2.97. The van der Waals surface area contributed by atoms with E-state index < -0.39 is 0 Å². The van der Waals surface area contributed by atoms with E-state index in [9.17, 15) is 0 Å². The molecule has 1 heterocycles. The quantitative estimate of drug-likeness (QED) is 0.596. The van der Waals surface area contributed by atoms with Crippen LogP contribution >= 0.6 is 0 Å². The first-order valence-electron chi connectivity index (χ1n) is 5.51. The molecule has 0 amide bonds. The SMILES string of the molecule is NOCCCN1CCc2ccccc2C1. The molecule has 0 fully saturated rings. The van der Waals surface area contributed by atoms with Crippen LogP contribution in [0.15, 0.2) is 24.3 Å². The molecule has 1 aromatic rings. The predicted octanol–water partition coefficient (Wildman–Crippen LogP) is 1.33. The first kappa shape index (κ1) is 10.6. The van der Waals surface area contributed by atoms with Crippen LogP contribution < -0.4 is 5.90 Å². The second kappa shape index (κ2) is 5.26. The summed E-state index contributed by atoms with van der Waals surface area (Å²) in [5, 5.41) is 0. The molecule has 0 saturated carbocycles. The van der Waals surface area contributed by atoms with Gasteiger partial charge in [0, 0.05) is 19.6 Å². The molecule has 82 valence electrons. The third-order valence-corrected chi connectivity index (χ3v) is 2.95. The molecule has 0 saturated heterocycles. The number of rotatable bonds is 4. The van der Waals surface area contributed by atoms with Crippen LogP contribution in [0.3, 0.4) is 0 Å². The maximum Gasteiger partial charge on any atom is 0.0691 e. The molecule has 2 rings (SSSR count). The fourth-order valence-electron chi connectivity index (χ4n) is 2.12. The van der Waals surface area contributed by atoms with Gasteiger partial charge in [0.05, 0.1) is 6.61 Å². The van der Waals surface area contributed by atoms with Crippen molar-refractivity contribution in [3.05, 3.63) is 35.4 Å². The van der Waals surface area contributed by atoms with Gasteiger partial charge in [0.25, 0.3) is 0 Å². The van der Waals surface area contributed by atoms with Crippen LogP contribution in [0.5, 0.6) is 0 Å². The first-order valence-corrected chi connectivity index (χ1v) is 5.51. The Labute approximate surface area is 90.8 Å². The minimum atomic E-state index is 0.651. The maximum absolute atomic E-state index is 5.00. The number of fused-ring (bicyclic) bond motifs is 1. The molecular formula is C12H18N2O. The highest BCUT2D eigenvalue weighted by molar-refractivity contribution is 5.28. The summed E-state index contributed by atoms with van der Waals surface area (Å²) >= 11 is 0. The fourth-order valence-corrected chi connectivity index (χ4v) is 2.12. The Balaban J connectivity index is 1.88. The molecule has 2 N–H and O–H groups in total. The summed E-state index contributed by atoms with van der Waals surface area (Å²) in [7, 11) is 0. The van der Waals surface area contributed by atoms with E-state index in [-0.39, 0.29) is 0 Å². The lowest BCUT2D eigenvalue weighted by atomic mass is 10.00.